The minimum Gasteiger partial charge on any atom is -0.487 e. The van der Waals surface area contributed by atoms with Gasteiger partial charge in [0.25, 0.3) is 5.91 Å². The zero-order chi connectivity index (χ0) is 22.0. The molecule has 1 fully saturated rings. The number of benzene rings is 1. The van der Waals surface area contributed by atoms with Crippen LogP contribution in [0.3, 0.4) is 0 Å². The van der Waals surface area contributed by atoms with Crippen LogP contribution in [0.25, 0.3) is 0 Å². The van der Waals surface area contributed by atoms with Crippen molar-refractivity contribution in [3.05, 3.63) is 65.9 Å². The average molecular weight is 434 g/mol. The summed E-state index contributed by atoms with van der Waals surface area (Å²) in [5.74, 6) is -1.42. The van der Waals surface area contributed by atoms with Crippen molar-refractivity contribution in [3.63, 3.8) is 0 Å². The fraction of sp³-hybridized carbons (Fsp3) is 0.211. The van der Waals surface area contributed by atoms with Crippen LogP contribution in [0.4, 0.5) is 29.1 Å². The lowest BCUT2D eigenvalue weighted by molar-refractivity contribution is -0.137. The molecule has 8 nitrogen and oxygen atoms in total. The number of carbonyl (C=O) groups excluding carboxylic acids is 1. The second kappa shape index (κ2) is 8.13. The smallest absolute Gasteiger partial charge is 0.416 e. The summed E-state index contributed by atoms with van der Waals surface area (Å²) in [5.41, 5.74) is -0.438. The molecule has 0 unspecified atom stereocenters. The van der Waals surface area contributed by atoms with Crippen LogP contribution < -0.4 is 15.0 Å². The standard InChI is InChI=1S/C19H14F4N6O2/c20-12-5-11(19(21,22)23)6-14(7-12)31-15-9-29(10-15)17-16(2-4-25-28-17)18(30)27-13-1-3-24-26-8-13/h1-8,15H,9-10H2,(H,24,27,30). The Hall–Kier alpha value is -3.83. The lowest BCUT2D eigenvalue weighted by atomic mass is 10.1. The van der Waals surface area contributed by atoms with Crippen LogP contribution in [0.2, 0.25) is 0 Å². The maximum atomic E-state index is 13.5. The van der Waals surface area contributed by atoms with Crippen molar-refractivity contribution < 1.29 is 27.1 Å². The van der Waals surface area contributed by atoms with Gasteiger partial charge in [-0.05, 0) is 24.3 Å². The second-order valence-electron chi connectivity index (χ2n) is 6.67. The molecule has 0 saturated carbocycles. The van der Waals surface area contributed by atoms with Gasteiger partial charge >= 0.3 is 6.18 Å². The Balaban J connectivity index is 1.43. The molecule has 1 amide bonds. The number of amides is 1. The second-order valence-corrected chi connectivity index (χ2v) is 6.67. The van der Waals surface area contributed by atoms with Crippen LogP contribution in [0.1, 0.15) is 15.9 Å². The van der Waals surface area contributed by atoms with Crippen molar-refractivity contribution in [2.75, 3.05) is 23.3 Å². The predicted molar refractivity (Wildman–Crippen MR) is 100 cm³/mol. The number of hydrogen-bond donors (Lipinski definition) is 1. The topological polar surface area (TPSA) is 93.1 Å². The molecule has 31 heavy (non-hydrogen) atoms. The highest BCUT2D eigenvalue weighted by Crippen LogP contribution is 2.33. The molecule has 1 saturated heterocycles. The Kier molecular flexibility index (Phi) is 5.36. The summed E-state index contributed by atoms with van der Waals surface area (Å²) in [6.45, 7) is 0.460. The molecule has 0 bridgehead atoms. The first-order valence-electron chi connectivity index (χ1n) is 8.99. The van der Waals surface area contributed by atoms with Gasteiger partial charge in [-0.1, -0.05) is 0 Å². The molecule has 3 aromatic rings. The number of nitrogens with one attached hydrogen (secondary N) is 1. The van der Waals surface area contributed by atoms with Crippen LogP contribution in [0.5, 0.6) is 5.75 Å². The third-order valence-corrected chi connectivity index (χ3v) is 4.44. The molecule has 1 aliphatic heterocycles. The highest BCUT2D eigenvalue weighted by molar-refractivity contribution is 6.07. The highest BCUT2D eigenvalue weighted by atomic mass is 19.4. The van der Waals surface area contributed by atoms with E-state index >= 15 is 0 Å². The molecule has 0 aliphatic carbocycles. The van der Waals surface area contributed by atoms with Crippen LogP contribution in [0, 0.1) is 5.82 Å². The molecule has 160 valence electrons. The minimum absolute atomic E-state index is 0.223. The molecule has 12 heteroatoms. The number of anilines is 2. The lowest BCUT2D eigenvalue weighted by Gasteiger charge is -2.40. The van der Waals surface area contributed by atoms with Crippen molar-refractivity contribution in [2.24, 2.45) is 0 Å². The summed E-state index contributed by atoms with van der Waals surface area (Å²) in [6.07, 6.45) is -1.02. The third kappa shape index (κ3) is 4.68. The van der Waals surface area contributed by atoms with Gasteiger partial charge in [0.15, 0.2) is 5.82 Å². The molecular formula is C19H14F4N6O2. The first-order chi connectivity index (χ1) is 14.8. The monoisotopic (exact) mass is 434 g/mol. The molecule has 2 aromatic heterocycles. The lowest BCUT2D eigenvalue weighted by Crippen LogP contribution is -2.54. The maximum absolute atomic E-state index is 13.5. The first-order valence-corrected chi connectivity index (χ1v) is 8.99. The molecule has 4 rings (SSSR count). The van der Waals surface area contributed by atoms with E-state index in [4.69, 9.17) is 4.74 Å². The Morgan fingerprint density at radius 1 is 1.10 bits per heavy atom. The zero-order valence-electron chi connectivity index (χ0n) is 15.7. The van der Waals surface area contributed by atoms with E-state index in [0.29, 0.717) is 11.8 Å². The van der Waals surface area contributed by atoms with E-state index in [-0.39, 0.29) is 30.2 Å². The highest BCUT2D eigenvalue weighted by Gasteiger charge is 2.35. The van der Waals surface area contributed by atoms with E-state index in [0.717, 1.165) is 12.1 Å². The maximum Gasteiger partial charge on any atom is 0.416 e. The van der Waals surface area contributed by atoms with Crippen molar-refractivity contribution in [2.45, 2.75) is 12.3 Å². The Morgan fingerprint density at radius 3 is 2.58 bits per heavy atom. The van der Waals surface area contributed by atoms with E-state index in [1.165, 1.54) is 24.7 Å². The van der Waals surface area contributed by atoms with Gasteiger partial charge in [-0.3, -0.25) is 4.79 Å². The normalized spacial score (nSPS) is 14.1. The number of rotatable bonds is 5. The summed E-state index contributed by atoms with van der Waals surface area (Å²) in [7, 11) is 0. The predicted octanol–water partition coefficient (Wildman–Crippen LogP) is 2.94. The van der Waals surface area contributed by atoms with Gasteiger partial charge in [0.2, 0.25) is 0 Å². The van der Waals surface area contributed by atoms with E-state index in [1.807, 2.05) is 0 Å². The average Bonchev–Trinajstić information content (AvgIpc) is 2.70. The van der Waals surface area contributed by atoms with Gasteiger partial charge in [0.1, 0.15) is 17.7 Å². The van der Waals surface area contributed by atoms with Crippen LogP contribution >= 0.6 is 0 Å². The summed E-state index contributed by atoms with van der Waals surface area (Å²) in [5, 5.41) is 17.7. The SMILES string of the molecule is O=C(Nc1ccnnc1)c1ccnnc1N1CC(Oc2cc(F)cc(C(F)(F)F)c2)C1. The first kappa shape index (κ1) is 20.4. The number of ether oxygens (including phenoxy) is 1. The van der Waals surface area contributed by atoms with E-state index in [1.54, 1.807) is 11.0 Å². The number of alkyl halides is 3. The molecule has 1 aromatic carbocycles. The van der Waals surface area contributed by atoms with Crippen LogP contribution in [-0.4, -0.2) is 45.5 Å². The van der Waals surface area contributed by atoms with Gasteiger partial charge in [-0.25, -0.2) is 4.39 Å². The number of hydrogen-bond acceptors (Lipinski definition) is 7. The Morgan fingerprint density at radius 2 is 1.87 bits per heavy atom. The zero-order valence-corrected chi connectivity index (χ0v) is 15.7. The van der Waals surface area contributed by atoms with Crippen molar-refractivity contribution in [1.29, 1.82) is 0 Å². The van der Waals surface area contributed by atoms with Crippen molar-refractivity contribution in [3.8, 4) is 5.75 Å². The van der Waals surface area contributed by atoms with Gasteiger partial charge < -0.3 is 15.0 Å². The number of carbonyl (C=O) groups is 1. The number of halogens is 4. The summed E-state index contributed by atoms with van der Waals surface area (Å²) >= 11 is 0. The van der Waals surface area contributed by atoms with Gasteiger partial charge in [0.05, 0.1) is 48.5 Å². The van der Waals surface area contributed by atoms with E-state index in [2.05, 4.69) is 25.7 Å². The number of nitrogens with zero attached hydrogens (tertiary/aromatic N) is 5. The third-order valence-electron chi connectivity index (χ3n) is 4.44. The Labute approximate surface area is 172 Å². The fourth-order valence-corrected chi connectivity index (χ4v) is 2.97. The summed E-state index contributed by atoms with van der Waals surface area (Å²) in [4.78, 5) is 14.3. The molecule has 1 aliphatic rings. The largest absolute Gasteiger partial charge is 0.487 e. The molecule has 3 heterocycles. The quantitative estimate of drug-likeness (QED) is 0.617. The summed E-state index contributed by atoms with van der Waals surface area (Å²) in [6, 6.07) is 5.10. The molecule has 0 spiro atoms. The molecule has 0 atom stereocenters. The Bertz CT molecular complexity index is 1090. The molecule has 1 N–H and O–H groups in total. The van der Waals surface area contributed by atoms with Crippen LogP contribution in [-0.2, 0) is 6.18 Å². The van der Waals surface area contributed by atoms with Gasteiger partial charge in [0, 0.05) is 6.07 Å². The fourth-order valence-electron chi connectivity index (χ4n) is 2.97. The number of aromatic nitrogens is 4. The molecule has 0 radical (unpaired) electrons. The van der Waals surface area contributed by atoms with Crippen molar-refractivity contribution >= 4 is 17.4 Å². The van der Waals surface area contributed by atoms with E-state index in [9.17, 15) is 22.4 Å². The molecular weight excluding hydrogens is 420 g/mol. The van der Waals surface area contributed by atoms with Gasteiger partial charge in [-0.2, -0.15) is 28.5 Å². The van der Waals surface area contributed by atoms with Crippen molar-refractivity contribution in [1.82, 2.24) is 20.4 Å². The van der Waals surface area contributed by atoms with Gasteiger partial charge in [-0.15, -0.1) is 5.10 Å². The minimum atomic E-state index is -4.68. The van der Waals surface area contributed by atoms with E-state index < -0.39 is 29.6 Å². The summed E-state index contributed by atoms with van der Waals surface area (Å²) < 4.78 is 57.6. The van der Waals surface area contributed by atoms with Crippen LogP contribution in [0.15, 0.2) is 48.9 Å².